The minimum absolute atomic E-state index is 0.411. The van der Waals surface area contributed by atoms with Crippen molar-refractivity contribution < 1.29 is 4.74 Å². The Hall–Kier alpha value is -3.64. The number of nitrogens with one attached hydrogen (secondary N) is 3. The van der Waals surface area contributed by atoms with E-state index in [4.69, 9.17) is 4.74 Å². The monoisotopic (exact) mass is 406 g/mol. The highest BCUT2D eigenvalue weighted by atomic mass is 16.5. The van der Waals surface area contributed by atoms with Crippen LogP contribution in [-0.2, 0) is 6.54 Å². The lowest BCUT2D eigenvalue weighted by atomic mass is 10.1. The molecule has 0 saturated heterocycles. The van der Waals surface area contributed by atoms with Gasteiger partial charge in [0.15, 0.2) is 5.82 Å². The van der Waals surface area contributed by atoms with Crippen LogP contribution in [0.4, 0.5) is 17.5 Å². The predicted molar refractivity (Wildman–Crippen MR) is 116 cm³/mol. The summed E-state index contributed by atoms with van der Waals surface area (Å²) < 4.78 is 5.90. The molecule has 0 unspecified atom stereocenters. The van der Waals surface area contributed by atoms with Crippen LogP contribution >= 0.6 is 0 Å². The Bertz CT molecular complexity index is 1040. The van der Waals surface area contributed by atoms with Crippen molar-refractivity contribution in [2.24, 2.45) is 0 Å². The van der Waals surface area contributed by atoms with Crippen LogP contribution in [0.3, 0.4) is 0 Å². The normalized spacial score (nSPS) is 10.7. The first kappa shape index (κ1) is 21.1. The SMILES string of the molecule is Cc1cc(Nc2cc(C)c(C#N)c(NCCOc3cccnc3CN(C)C)n2)n[nH]1. The summed E-state index contributed by atoms with van der Waals surface area (Å²) in [7, 11) is 3.98. The van der Waals surface area contributed by atoms with Crippen molar-refractivity contribution >= 4 is 17.5 Å². The topological polar surface area (TPSA) is 115 Å². The molecule has 30 heavy (non-hydrogen) atoms. The van der Waals surface area contributed by atoms with E-state index in [-0.39, 0.29) is 0 Å². The third kappa shape index (κ3) is 5.46. The van der Waals surface area contributed by atoms with Crippen molar-refractivity contribution in [3.05, 3.63) is 53.0 Å². The van der Waals surface area contributed by atoms with Gasteiger partial charge in [0.05, 0.1) is 17.8 Å². The van der Waals surface area contributed by atoms with E-state index in [2.05, 4.69) is 36.9 Å². The maximum atomic E-state index is 9.53. The average molecular weight is 406 g/mol. The van der Waals surface area contributed by atoms with Crippen molar-refractivity contribution in [1.82, 2.24) is 25.1 Å². The molecule has 0 aliphatic heterocycles. The Labute approximate surface area is 176 Å². The van der Waals surface area contributed by atoms with Crippen LogP contribution in [0.5, 0.6) is 5.75 Å². The number of aromatic nitrogens is 4. The Kier molecular flexibility index (Phi) is 6.83. The molecule has 0 saturated carbocycles. The number of ether oxygens (including phenoxy) is 1. The van der Waals surface area contributed by atoms with E-state index in [9.17, 15) is 5.26 Å². The Balaban J connectivity index is 1.65. The number of aromatic amines is 1. The highest BCUT2D eigenvalue weighted by Gasteiger charge is 2.11. The first-order valence-corrected chi connectivity index (χ1v) is 9.62. The Morgan fingerprint density at radius 1 is 1.23 bits per heavy atom. The molecule has 0 fully saturated rings. The molecule has 3 aromatic rings. The maximum Gasteiger partial charge on any atom is 0.153 e. The molecule has 3 N–H and O–H groups in total. The van der Waals surface area contributed by atoms with Crippen LogP contribution in [0, 0.1) is 25.2 Å². The summed E-state index contributed by atoms with van der Waals surface area (Å²) >= 11 is 0. The molecule has 3 rings (SSSR count). The Morgan fingerprint density at radius 3 is 2.77 bits per heavy atom. The summed E-state index contributed by atoms with van der Waals surface area (Å²) in [5.41, 5.74) is 3.16. The van der Waals surface area contributed by atoms with Gasteiger partial charge >= 0.3 is 0 Å². The fraction of sp³-hybridized carbons (Fsp3) is 0.333. The highest BCUT2D eigenvalue weighted by molar-refractivity contribution is 5.63. The molecule has 0 aliphatic rings. The molecule has 156 valence electrons. The summed E-state index contributed by atoms with van der Waals surface area (Å²) in [6.07, 6.45) is 1.76. The highest BCUT2D eigenvalue weighted by Crippen LogP contribution is 2.23. The predicted octanol–water partition coefficient (Wildman–Crippen LogP) is 2.98. The van der Waals surface area contributed by atoms with Crippen molar-refractivity contribution in [2.75, 3.05) is 37.9 Å². The molecule has 0 bridgehead atoms. The van der Waals surface area contributed by atoms with Crippen molar-refractivity contribution in [3.63, 3.8) is 0 Å². The number of anilines is 3. The number of rotatable bonds is 9. The largest absolute Gasteiger partial charge is 0.490 e. The molecule has 0 aromatic carbocycles. The zero-order valence-electron chi connectivity index (χ0n) is 17.7. The van der Waals surface area contributed by atoms with E-state index < -0.39 is 0 Å². The second-order valence-corrected chi connectivity index (χ2v) is 7.18. The molecule has 0 radical (unpaired) electrons. The van der Waals surface area contributed by atoms with Crippen LogP contribution in [0.25, 0.3) is 0 Å². The van der Waals surface area contributed by atoms with Gasteiger partial charge in [-0.05, 0) is 51.7 Å². The standard InChI is InChI=1S/C21H26N8O/c1-14-10-19(25-20-11-15(2)27-28-20)26-21(16(14)12-22)24-8-9-30-18-6-5-7-23-17(18)13-29(3)4/h5-7,10-11H,8-9,13H2,1-4H3,(H3,24,25,26,27,28). The zero-order valence-corrected chi connectivity index (χ0v) is 17.7. The molecule has 0 atom stereocenters. The van der Waals surface area contributed by atoms with E-state index in [1.807, 2.05) is 57.1 Å². The zero-order chi connectivity index (χ0) is 21.5. The quantitative estimate of drug-likeness (QED) is 0.465. The number of hydrogen-bond donors (Lipinski definition) is 3. The molecule has 3 heterocycles. The van der Waals surface area contributed by atoms with Crippen LogP contribution in [0.2, 0.25) is 0 Å². The van der Waals surface area contributed by atoms with Gasteiger partial charge in [-0.2, -0.15) is 10.4 Å². The minimum Gasteiger partial charge on any atom is -0.490 e. The molecule has 3 aromatic heterocycles. The second-order valence-electron chi connectivity index (χ2n) is 7.18. The molecule has 9 nitrogen and oxygen atoms in total. The van der Waals surface area contributed by atoms with Gasteiger partial charge < -0.3 is 20.3 Å². The third-order valence-electron chi connectivity index (χ3n) is 4.26. The molecular weight excluding hydrogens is 380 g/mol. The van der Waals surface area contributed by atoms with Crippen LogP contribution in [-0.4, -0.2) is 52.3 Å². The Morgan fingerprint density at radius 2 is 2.07 bits per heavy atom. The summed E-state index contributed by atoms with van der Waals surface area (Å²) in [5.74, 6) is 2.54. The second kappa shape index (κ2) is 9.71. The third-order valence-corrected chi connectivity index (χ3v) is 4.26. The lowest BCUT2D eigenvalue weighted by molar-refractivity contribution is 0.315. The minimum atomic E-state index is 0.411. The van der Waals surface area contributed by atoms with E-state index in [0.29, 0.717) is 42.7 Å². The van der Waals surface area contributed by atoms with E-state index >= 15 is 0 Å². The maximum absolute atomic E-state index is 9.53. The smallest absolute Gasteiger partial charge is 0.153 e. The van der Waals surface area contributed by atoms with Crippen LogP contribution in [0.15, 0.2) is 30.5 Å². The first-order valence-electron chi connectivity index (χ1n) is 9.62. The van der Waals surface area contributed by atoms with Crippen molar-refractivity contribution in [2.45, 2.75) is 20.4 Å². The van der Waals surface area contributed by atoms with E-state index in [1.54, 1.807) is 6.20 Å². The van der Waals surface area contributed by atoms with Gasteiger partial charge in [-0.1, -0.05) is 0 Å². The summed E-state index contributed by atoms with van der Waals surface area (Å²) in [4.78, 5) is 11.0. The summed E-state index contributed by atoms with van der Waals surface area (Å²) in [6.45, 7) is 5.40. The van der Waals surface area contributed by atoms with Crippen LogP contribution < -0.4 is 15.4 Å². The number of nitriles is 1. The van der Waals surface area contributed by atoms with Crippen LogP contribution in [0.1, 0.15) is 22.5 Å². The number of H-pyrrole nitrogens is 1. The van der Waals surface area contributed by atoms with E-state index in [1.165, 1.54) is 0 Å². The number of hydrogen-bond acceptors (Lipinski definition) is 8. The molecular formula is C21H26N8O. The van der Waals surface area contributed by atoms with Crippen molar-refractivity contribution in [1.29, 1.82) is 5.26 Å². The van der Waals surface area contributed by atoms with Gasteiger partial charge in [0.25, 0.3) is 0 Å². The fourth-order valence-corrected chi connectivity index (χ4v) is 2.92. The fourth-order valence-electron chi connectivity index (χ4n) is 2.92. The molecule has 0 aliphatic carbocycles. The van der Waals surface area contributed by atoms with Crippen molar-refractivity contribution in [3.8, 4) is 11.8 Å². The summed E-state index contributed by atoms with van der Waals surface area (Å²) in [6, 6.07) is 9.69. The lowest BCUT2D eigenvalue weighted by Gasteiger charge is -2.15. The number of aryl methyl sites for hydroxylation is 2. The summed E-state index contributed by atoms with van der Waals surface area (Å²) in [5, 5.41) is 22.9. The number of nitrogens with zero attached hydrogens (tertiary/aromatic N) is 5. The van der Waals surface area contributed by atoms with Gasteiger partial charge in [0.2, 0.25) is 0 Å². The molecule has 0 amide bonds. The van der Waals surface area contributed by atoms with Gasteiger partial charge in [-0.15, -0.1) is 0 Å². The average Bonchev–Trinajstić information content (AvgIpc) is 3.10. The van der Waals surface area contributed by atoms with Gasteiger partial charge in [0, 0.05) is 24.5 Å². The molecule has 0 spiro atoms. The van der Waals surface area contributed by atoms with Gasteiger partial charge in [-0.25, -0.2) is 4.98 Å². The van der Waals surface area contributed by atoms with E-state index in [0.717, 1.165) is 22.7 Å². The molecule has 9 heteroatoms. The number of pyridine rings is 2. The lowest BCUT2D eigenvalue weighted by Crippen LogP contribution is -2.17. The van der Waals surface area contributed by atoms with Gasteiger partial charge in [-0.3, -0.25) is 10.1 Å². The van der Waals surface area contributed by atoms with Gasteiger partial charge in [0.1, 0.15) is 30.1 Å². The first-order chi connectivity index (χ1) is 14.5.